The Balaban J connectivity index is 1.28. The Morgan fingerprint density at radius 1 is 1.36 bits per heavy atom. The molecule has 6 nitrogen and oxygen atoms in total. The molecule has 0 spiro atoms. The van der Waals surface area contributed by atoms with Gasteiger partial charge in [0.15, 0.2) is 0 Å². The zero-order valence-electron chi connectivity index (χ0n) is 14.1. The molecule has 0 saturated carbocycles. The van der Waals surface area contributed by atoms with Crippen molar-refractivity contribution in [3.63, 3.8) is 0 Å². The van der Waals surface area contributed by atoms with Gasteiger partial charge in [0, 0.05) is 24.8 Å². The molecule has 2 aromatic rings. The Bertz CT molecular complexity index is 689. The molecule has 1 N–H and O–H groups in total. The van der Waals surface area contributed by atoms with Gasteiger partial charge in [-0.05, 0) is 43.5 Å². The molecule has 6 heteroatoms. The summed E-state index contributed by atoms with van der Waals surface area (Å²) >= 11 is 0. The van der Waals surface area contributed by atoms with Crippen molar-refractivity contribution in [3.8, 4) is 0 Å². The first-order chi connectivity index (χ1) is 12.3. The summed E-state index contributed by atoms with van der Waals surface area (Å²) in [6.07, 6.45) is 6.92. The van der Waals surface area contributed by atoms with Gasteiger partial charge in [-0.1, -0.05) is 6.07 Å². The van der Waals surface area contributed by atoms with Crippen LogP contribution in [0.5, 0.6) is 0 Å². The minimum Gasteiger partial charge on any atom is -0.472 e. The van der Waals surface area contributed by atoms with Crippen LogP contribution in [0.4, 0.5) is 0 Å². The van der Waals surface area contributed by atoms with Crippen molar-refractivity contribution < 1.29 is 13.9 Å². The number of carbonyl (C=O) groups excluding carboxylic acids is 1. The minimum atomic E-state index is -0.340. The lowest BCUT2D eigenvalue weighted by molar-refractivity contribution is -0.133. The van der Waals surface area contributed by atoms with Gasteiger partial charge < -0.3 is 14.5 Å². The third-order valence-corrected chi connectivity index (χ3v) is 5.08. The molecule has 0 aliphatic carbocycles. The minimum absolute atomic E-state index is 0.0264. The summed E-state index contributed by atoms with van der Waals surface area (Å²) < 4.78 is 11.2. The number of rotatable bonds is 5. The van der Waals surface area contributed by atoms with E-state index in [2.05, 4.69) is 15.2 Å². The summed E-state index contributed by atoms with van der Waals surface area (Å²) in [6, 6.07) is 7.69. The van der Waals surface area contributed by atoms with E-state index in [1.165, 1.54) is 5.56 Å². The normalized spacial score (nSPS) is 26.3. The first-order valence-corrected chi connectivity index (χ1v) is 8.84. The van der Waals surface area contributed by atoms with Gasteiger partial charge in [-0.3, -0.25) is 14.7 Å². The lowest BCUT2D eigenvalue weighted by Crippen LogP contribution is -2.42. The average Bonchev–Trinajstić information content (AvgIpc) is 3.30. The van der Waals surface area contributed by atoms with Gasteiger partial charge in [-0.2, -0.15) is 0 Å². The number of hydrogen-bond donors (Lipinski definition) is 1. The van der Waals surface area contributed by atoms with Gasteiger partial charge in [0.2, 0.25) is 5.91 Å². The molecule has 4 heterocycles. The topological polar surface area (TPSA) is 67.6 Å². The summed E-state index contributed by atoms with van der Waals surface area (Å²) in [5, 5.41) is 2.95. The number of pyridine rings is 1. The van der Waals surface area contributed by atoms with E-state index >= 15 is 0 Å². The molecule has 3 atom stereocenters. The highest BCUT2D eigenvalue weighted by Gasteiger charge is 2.41. The summed E-state index contributed by atoms with van der Waals surface area (Å²) in [4.78, 5) is 19.0. The molecule has 2 aromatic heterocycles. The number of likely N-dealkylation sites (tertiary alicyclic amines) is 1. The molecule has 2 aliphatic heterocycles. The van der Waals surface area contributed by atoms with Gasteiger partial charge in [0.05, 0.1) is 30.9 Å². The zero-order valence-corrected chi connectivity index (χ0v) is 14.1. The Morgan fingerprint density at radius 2 is 2.32 bits per heavy atom. The largest absolute Gasteiger partial charge is 0.472 e. The van der Waals surface area contributed by atoms with Gasteiger partial charge in [-0.15, -0.1) is 0 Å². The SMILES string of the molecule is O=C(NCc1ccccn1)[C@@H]1C[C@H]2CCN(Cc3ccoc3)C[C@@H]2O1. The Hall–Kier alpha value is -2.18. The number of hydrogen-bond acceptors (Lipinski definition) is 5. The highest BCUT2D eigenvalue weighted by Crippen LogP contribution is 2.33. The number of carbonyl (C=O) groups is 1. The summed E-state index contributed by atoms with van der Waals surface area (Å²) in [5.41, 5.74) is 2.04. The molecule has 25 heavy (non-hydrogen) atoms. The molecule has 0 radical (unpaired) electrons. The third-order valence-electron chi connectivity index (χ3n) is 5.08. The van der Waals surface area contributed by atoms with Crippen LogP contribution >= 0.6 is 0 Å². The van der Waals surface area contributed by atoms with E-state index in [-0.39, 0.29) is 18.1 Å². The van der Waals surface area contributed by atoms with E-state index in [0.29, 0.717) is 12.5 Å². The number of amides is 1. The van der Waals surface area contributed by atoms with E-state index in [4.69, 9.17) is 9.15 Å². The monoisotopic (exact) mass is 341 g/mol. The molecule has 2 fully saturated rings. The smallest absolute Gasteiger partial charge is 0.249 e. The molecule has 0 aromatic carbocycles. The van der Waals surface area contributed by atoms with Crippen LogP contribution in [-0.4, -0.2) is 41.1 Å². The Labute approximate surface area is 147 Å². The van der Waals surface area contributed by atoms with E-state index in [0.717, 1.165) is 38.2 Å². The third kappa shape index (κ3) is 3.91. The molecule has 132 valence electrons. The van der Waals surface area contributed by atoms with Crippen molar-refractivity contribution in [2.45, 2.75) is 38.1 Å². The first-order valence-electron chi connectivity index (χ1n) is 8.84. The van der Waals surface area contributed by atoms with Crippen LogP contribution in [-0.2, 0) is 22.6 Å². The number of nitrogens with one attached hydrogen (secondary N) is 1. The number of piperidine rings is 1. The summed E-state index contributed by atoms with van der Waals surface area (Å²) in [7, 11) is 0. The van der Waals surface area contributed by atoms with E-state index < -0.39 is 0 Å². The summed E-state index contributed by atoms with van der Waals surface area (Å²) in [6.45, 7) is 3.24. The molecule has 4 rings (SSSR count). The van der Waals surface area contributed by atoms with Crippen molar-refractivity contribution >= 4 is 5.91 Å². The maximum absolute atomic E-state index is 12.4. The predicted molar refractivity (Wildman–Crippen MR) is 91.5 cm³/mol. The number of furan rings is 1. The van der Waals surface area contributed by atoms with Crippen molar-refractivity contribution in [1.29, 1.82) is 0 Å². The van der Waals surface area contributed by atoms with Crippen LogP contribution in [0.25, 0.3) is 0 Å². The molecule has 0 unspecified atom stereocenters. The fourth-order valence-corrected chi connectivity index (χ4v) is 3.74. The van der Waals surface area contributed by atoms with Gasteiger partial charge in [0.25, 0.3) is 0 Å². The van der Waals surface area contributed by atoms with Crippen LogP contribution in [0.1, 0.15) is 24.1 Å². The molecule has 1 amide bonds. The van der Waals surface area contributed by atoms with E-state index in [1.807, 2.05) is 24.3 Å². The van der Waals surface area contributed by atoms with Gasteiger partial charge in [0.1, 0.15) is 6.10 Å². The molecule has 2 saturated heterocycles. The standard InChI is InChI=1S/C19H23N3O3/c23-19(21-10-16-3-1-2-6-20-16)17-9-15-4-7-22(12-18(15)25-17)11-14-5-8-24-13-14/h1-3,5-6,8,13,15,17-18H,4,7,9-12H2,(H,21,23)/t15-,17+,18+/m1/s1. The van der Waals surface area contributed by atoms with Crippen LogP contribution < -0.4 is 5.32 Å². The molecular formula is C19H23N3O3. The van der Waals surface area contributed by atoms with Crippen molar-refractivity contribution in [3.05, 3.63) is 54.2 Å². The lowest BCUT2D eigenvalue weighted by Gasteiger charge is -2.33. The first kappa shape index (κ1) is 16.3. The van der Waals surface area contributed by atoms with E-state index in [1.54, 1.807) is 18.7 Å². The van der Waals surface area contributed by atoms with Crippen LogP contribution in [0.2, 0.25) is 0 Å². The maximum Gasteiger partial charge on any atom is 0.249 e. The number of fused-ring (bicyclic) bond motifs is 1. The summed E-state index contributed by atoms with van der Waals surface area (Å²) in [5.74, 6) is 0.452. The highest BCUT2D eigenvalue weighted by atomic mass is 16.5. The maximum atomic E-state index is 12.4. The fraction of sp³-hybridized carbons (Fsp3) is 0.474. The average molecular weight is 341 g/mol. The Morgan fingerprint density at radius 3 is 3.12 bits per heavy atom. The van der Waals surface area contributed by atoms with Crippen molar-refractivity contribution in [1.82, 2.24) is 15.2 Å². The van der Waals surface area contributed by atoms with Crippen LogP contribution in [0.3, 0.4) is 0 Å². The van der Waals surface area contributed by atoms with Crippen LogP contribution in [0, 0.1) is 5.92 Å². The fourth-order valence-electron chi connectivity index (χ4n) is 3.74. The van der Waals surface area contributed by atoms with Crippen LogP contribution in [0.15, 0.2) is 47.4 Å². The molecule has 0 bridgehead atoms. The quantitative estimate of drug-likeness (QED) is 0.901. The van der Waals surface area contributed by atoms with Gasteiger partial charge in [-0.25, -0.2) is 0 Å². The molecular weight excluding hydrogens is 318 g/mol. The second kappa shape index (κ2) is 7.37. The second-order valence-corrected chi connectivity index (χ2v) is 6.85. The predicted octanol–water partition coefficient (Wildman–Crippen LogP) is 1.97. The second-order valence-electron chi connectivity index (χ2n) is 6.85. The van der Waals surface area contributed by atoms with Crippen molar-refractivity contribution in [2.24, 2.45) is 5.92 Å². The molecule has 2 aliphatic rings. The van der Waals surface area contributed by atoms with E-state index in [9.17, 15) is 4.79 Å². The Kier molecular flexibility index (Phi) is 4.81. The number of ether oxygens (including phenoxy) is 1. The zero-order chi connectivity index (χ0) is 17.1. The van der Waals surface area contributed by atoms with Gasteiger partial charge >= 0.3 is 0 Å². The highest BCUT2D eigenvalue weighted by molar-refractivity contribution is 5.81. The van der Waals surface area contributed by atoms with Crippen molar-refractivity contribution in [2.75, 3.05) is 13.1 Å². The number of aromatic nitrogens is 1. The number of nitrogens with zero attached hydrogens (tertiary/aromatic N) is 2. The lowest BCUT2D eigenvalue weighted by atomic mass is 9.91.